The highest BCUT2D eigenvalue weighted by molar-refractivity contribution is 8.00. The molecule has 2 aliphatic heterocycles. The van der Waals surface area contributed by atoms with Gasteiger partial charge in [-0.2, -0.15) is 0 Å². The summed E-state index contributed by atoms with van der Waals surface area (Å²) in [4.78, 5) is 46.7. The molecule has 0 aromatic carbocycles. The van der Waals surface area contributed by atoms with Crippen LogP contribution in [0.3, 0.4) is 0 Å². The lowest BCUT2D eigenvalue weighted by Gasteiger charge is -2.49. The Morgan fingerprint density at radius 2 is 2.18 bits per heavy atom. The fourth-order valence-corrected chi connectivity index (χ4v) is 3.60. The summed E-state index contributed by atoms with van der Waals surface area (Å²) in [5.74, 6) is -1.80. The lowest BCUT2D eigenvalue weighted by molar-refractivity contribution is -0.150. The summed E-state index contributed by atoms with van der Waals surface area (Å²) < 4.78 is 4.60. The van der Waals surface area contributed by atoms with Gasteiger partial charge in [-0.05, 0) is 0 Å². The third-order valence-electron chi connectivity index (χ3n) is 3.25. The molecule has 2 heterocycles. The number of fused-ring (bicyclic) bond motifs is 1. The van der Waals surface area contributed by atoms with E-state index in [4.69, 9.17) is 11.6 Å². The lowest BCUT2D eigenvalue weighted by atomic mass is 10.0. The molecule has 2 unspecified atom stereocenters. The zero-order valence-corrected chi connectivity index (χ0v) is 13.1. The van der Waals surface area contributed by atoms with Gasteiger partial charge < -0.3 is 15.2 Å². The highest BCUT2D eigenvalue weighted by Gasteiger charge is 2.54. The number of nitrogens with zero attached hydrogens (tertiary/aromatic N) is 1. The summed E-state index contributed by atoms with van der Waals surface area (Å²) in [6.07, 6.45) is 0.236. The maximum Gasteiger partial charge on any atom is 0.404 e. The molecule has 0 radical (unpaired) electrons. The molecule has 120 valence electrons. The fraction of sp³-hybridized carbons (Fsp3) is 0.500. The van der Waals surface area contributed by atoms with Crippen LogP contribution in [0.1, 0.15) is 13.3 Å². The molecule has 2 rings (SSSR count). The Hall–Kier alpha value is -1.74. The molecule has 22 heavy (non-hydrogen) atoms. The number of amides is 2. The monoisotopic (exact) mass is 348 g/mol. The average molecular weight is 349 g/mol. The molecule has 8 nitrogen and oxygen atoms in total. The van der Waals surface area contributed by atoms with Gasteiger partial charge in [0.2, 0.25) is 5.91 Å². The molecule has 0 spiro atoms. The SMILES string of the molecule is CCC(=O)NC1C(=O)N2C(C(=O)O)=C(COC(=O)Cl)CSC12. The van der Waals surface area contributed by atoms with E-state index in [1.807, 2.05) is 0 Å². The molecule has 1 saturated heterocycles. The Balaban J connectivity index is 2.19. The number of hydrogen-bond donors (Lipinski definition) is 2. The van der Waals surface area contributed by atoms with E-state index >= 15 is 0 Å². The minimum absolute atomic E-state index is 0.214. The Kier molecular flexibility index (Phi) is 4.97. The highest BCUT2D eigenvalue weighted by Crippen LogP contribution is 2.40. The van der Waals surface area contributed by atoms with Gasteiger partial charge in [0.15, 0.2) is 0 Å². The van der Waals surface area contributed by atoms with Crippen LogP contribution in [0.4, 0.5) is 4.79 Å². The normalized spacial score (nSPS) is 23.5. The number of carbonyl (C=O) groups is 4. The number of rotatable bonds is 5. The van der Waals surface area contributed by atoms with Gasteiger partial charge in [-0.15, -0.1) is 11.8 Å². The van der Waals surface area contributed by atoms with Gasteiger partial charge >= 0.3 is 11.4 Å². The Labute approximate surface area is 134 Å². The zero-order valence-electron chi connectivity index (χ0n) is 11.5. The van der Waals surface area contributed by atoms with E-state index in [1.54, 1.807) is 6.92 Å². The first-order valence-corrected chi connectivity index (χ1v) is 7.81. The van der Waals surface area contributed by atoms with E-state index < -0.39 is 28.7 Å². The quantitative estimate of drug-likeness (QED) is 0.549. The minimum Gasteiger partial charge on any atom is -0.477 e. The topological polar surface area (TPSA) is 113 Å². The van der Waals surface area contributed by atoms with Crippen LogP contribution in [-0.4, -0.2) is 57.0 Å². The van der Waals surface area contributed by atoms with E-state index in [0.717, 1.165) is 4.90 Å². The number of halogens is 1. The van der Waals surface area contributed by atoms with Crippen molar-refractivity contribution in [3.8, 4) is 0 Å². The standard InChI is InChI=1S/C12H13ClN2O6S/c1-2-6(16)14-7-9(17)15-8(11(18)19)5(3-21-12(13)20)4-22-10(7)15/h7,10H,2-4H2,1H3,(H,14,16)(H,18,19). The zero-order chi connectivity index (χ0) is 16.4. The molecular formula is C12H13ClN2O6S. The second kappa shape index (κ2) is 6.57. The second-order valence-electron chi connectivity index (χ2n) is 4.59. The number of aliphatic carboxylic acids is 1. The van der Waals surface area contributed by atoms with Crippen molar-refractivity contribution in [2.75, 3.05) is 12.4 Å². The summed E-state index contributed by atoms with van der Waals surface area (Å²) in [5.41, 5.74) is -0.975. The molecule has 2 amide bonds. The molecule has 10 heteroatoms. The molecule has 2 aliphatic rings. The van der Waals surface area contributed by atoms with Crippen molar-refractivity contribution >= 4 is 46.6 Å². The number of nitrogens with one attached hydrogen (secondary N) is 1. The minimum atomic E-state index is -1.29. The van der Waals surface area contributed by atoms with Gasteiger partial charge in [-0.3, -0.25) is 14.5 Å². The Morgan fingerprint density at radius 3 is 2.73 bits per heavy atom. The van der Waals surface area contributed by atoms with E-state index in [1.165, 1.54) is 11.8 Å². The summed E-state index contributed by atoms with van der Waals surface area (Å²) in [6, 6.07) is -0.732. The molecule has 0 saturated carbocycles. The first-order chi connectivity index (χ1) is 10.4. The first-order valence-electron chi connectivity index (χ1n) is 6.38. The molecular weight excluding hydrogens is 336 g/mol. The number of carbonyl (C=O) groups excluding carboxylic acids is 3. The molecule has 1 fully saturated rings. The predicted octanol–water partition coefficient (Wildman–Crippen LogP) is 0.510. The van der Waals surface area contributed by atoms with E-state index in [-0.39, 0.29) is 36.0 Å². The van der Waals surface area contributed by atoms with Crippen LogP contribution in [0.25, 0.3) is 0 Å². The highest BCUT2D eigenvalue weighted by atomic mass is 35.5. The third kappa shape index (κ3) is 3.05. The lowest BCUT2D eigenvalue weighted by Crippen LogP contribution is -2.70. The molecule has 0 aromatic heterocycles. The largest absolute Gasteiger partial charge is 0.477 e. The number of β-lactam (4-membered cyclic amide) rings is 1. The molecule has 0 aliphatic carbocycles. The van der Waals surface area contributed by atoms with Gasteiger partial charge in [0.25, 0.3) is 5.91 Å². The van der Waals surface area contributed by atoms with Crippen molar-refractivity contribution in [2.24, 2.45) is 0 Å². The van der Waals surface area contributed by atoms with Crippen LogP contribution in [-0.2, 0) is 19.1 Å². The predicted molar refractivity (Wildman–Crippen MR) is 77.2 cm³/mol. The van der Waals surface area contributed by atoms with E-state index in [0.29, 0.717) is 0 Å². The number of carboxylic acid groups (broad SMARTS) is 1. The molecule has 2 N–H and O–H groups in total. The maximum absolute atomic E-state index is 12.1. The smallest absolute Gasteiger partial charge is 0.404 e. The van der Waals surface area contributed by atoms with Crippen molar-refractivity contribution < 1.29 is 29.0 Å². The van der Waals surface area contributed by atoms with Gasteiger partial charge in [0, 0.05) is 29.3 Å². The number of ether oxygens (including phenoxy) is 1. The summed E-state index contributed by atoms with van der Waals surface area (Å²) in [5, 5.41) is 11.4. The Bertz CT molecular complexity index is 578. The van der Waals surface area contributed by atoms with E-state index in [9.17, 15) is 24.3 Å². The number of hydrogen-bond acceptors (Lipinski definition) is 6. The van der Waals surface area contributed by atoms with Crippen LogP contribution in [0.15, 0.2) is 11.3 Å². The molecule has 2 atom stereocenters. The van der Waals surface area contributed by atoms with Gasteiger partial charge in [-0.25, -0.2) is 9.59 Å². The van der Waals surface area contributed by atoms with Crippen molar-refractivity contribution in [3.63, 3.8) is 0 Å². The fourth-order valence-electron chi connectivity index (χ4n) is 2.21. The van der Waals surface area contributed by atoms with Crippen LogP contribution < -0.4 is 5.32 Å². The van der Waals surface area contributed by atoms with Crippen LogP contribution in [0.2, 0.25) is 0 Å². The summed E-state index contributed by atoms with van der Waals surface area (Å²) in [6.45, 7) is 1.37. The van der Waals surface area contributed by atoms with Crippen LogP contribution in [0.5, 0.6) is 0 Å². The van der Waals surface area contributed by atoms with Gasteiger partial charge in [0.1, 0.15) is 23.7 Å². The van der Waals surface area contributed by atoms with Gasteiger partial charge in [-0.1, -0.05) is 6.92 Å². The first kappa shape index (κ1) is 16.6. The average Bonchev–Trinajstić information content (AvgIpc) is 2.48. The van der Waals surface area contributed by atoms with E-state index in [2.05, 4.69) is 10.1 Å². The molecule has 0 bridgehead atoms. The summed E-state index contributed by atoms with van der Waals surface area (Å²) >= 11 is 6.36. The summed E-state index contributed by atoms with van der Waals surface area (Å²) in [7, 11) is 0. The number of thioether (sulfide) groups is 1. The number of carboxylic acids is 1. The van der Waals surface area contributed by atoms with Crippen molar-refractivity contribution in [2.45, 2.75) is 24.8 Å². The van der Waals surface area contributed by atoms with Crippen molar-refractivity contribution in [1.82, 2.24) is 10.2 Å². The van der Waals surface area contributed by atoms with Crippen LogP contribution in [0, 0.1) is 0 Å². The molecule has 0 aromatic rings. The maximum atomic E-state index is 12.1. The third-order valence-corrected chi connectivity index (χ3v) is 4.70. The second-order valence-corrected chi connectivity index (χ2v) is 6.01. The van der Waals surface area contributed by atoms with Crippen molar-refractivity contribution in [3.05, 3.63) is 11.3 Å². The van der Waals surface area contributed by atoms with Crippen molar-refractivity contribution in [1.29, 1.82) is 0 Å². The Morgan fingerprint density at radius 1 is 1.50 bits per heavy atom. The van der Waals surface area contributed by atoms with Gasteiger partial charge in [0.05, 0.1) is 0 Å². The van der Waals surface area contributed by atoms with Crippen LogP contribution >= 0.6 is 23.4 Å².